The Hall–Kier alpha value is -2.49. The highest BCUT2D eigenvalue weighted by Gasteiger charge is 2.34. The molecule has 2 aromatic carbocycles. The number of benzene rings is 2. The van der Waals surface area contributed by atoms with Gasteiger partial charge in [0.2, 0.25) is 0 Å². The number of para-hydroxylation sites is 1. The van der Waals surface area contributed by atoms with Gasteiger partial charge in [0.1, 0.15) is 11.9 Å². The van der Waals surface area contributed by atoms with Crippen molar-refractivity contribution in [1.29, 1.82) is 0 Å². The molecule has 1 aliphatic heterocycles. The van der Waals surface area contributed by atoms with E-state index < -0.39 is 0 Å². The monoisotopic (exact) mass is 338 g/mol. The first-order valence-electron chi connectivity index (χ1n) is 9.02. The summed E-state index contributed by atoms with van der Waals surface area (Å²) in [4.78, 5) is 14.8. The quantitative estimate of drug-likeness (QED) is 0.766. The Morgan fingerprint density at radius 2 is 1.84 bits per heavy atom. The van der Waals surface area contributed by atoms with Gasteiger partial charge in [-0.2, -0.15) is 0 Å². The zero-order valence-corrected chi connectivity index (χ0v) is 15.2. The maximum Gasteiger partial charge on any atom is 0.258 e. The Kier molecular flexibility index (Phi) is 5.27. The number of unbranched alkanes of at least 4 members (excludes halogenated alkanes) is 1. The molecule has 4 heteroatoms. The molecular weight excluding hydrogens is 312 g/mol. The molecule has 0 saturated carbocycles. The molecule has 1 heterocycles. The number of amides is 1. The Morgan fingerprint density at radius 1 is 1.12 bits per heavy atom. The van der Waals surface area contributed by atoms with Crippen LogP contribution in [0.3, 0.4) is 0 Å². The minimum atomic E-state index is -0.174. The van der Waals surface area contributed by atoms with Crippen molar-refractivity contribution in [2.24, 2.45) is 0 Å². The van der Waals surface area contributed by atoms with E-state index in [2.05, 4.69) is 12.2 Å². The first-order chi connectivity index (χ1) is 12.1. The van der Waals surface area contributed by atoms with Crippen molar-refractivity contribution in [3.63, 3.8) is 0 Å². The summed E-state index contributed by atoms with van der Waals surface area (Å²) in [7, 11) is 0. The topological polar surface area (TPSA) is 41.6 Å². The minimum Gasteiger partial charge on any atom is -0.494 e. The third-order valence-corrected chi connectivity index (χ3v) is 4.48. The molecule has 1 atom stereocenters. The average molecular weight is 338 g/mol. The van der Waals surface area contributed by atoms with E-state index in [1.54, 1.807) is 0 Å². The Morgan fingerprint density at radius 3 is 2.52 bits per heavy atom. The Labute approximate surface area is 149 Å². The fourth-order valence-electron chi connectivity index (χ4n) is 3.13. The second kappa shape index (κ2) is 7.60. The summed E-state index contributed by atoms with van der Waals surface area (Å²) in [5.41, 5.74) is 2.67. The van der Waals surface area contributed by atoms with Gasteiger partial charge >= 0.3 is 0 Å². The van der Waals surface area contributed by atoms with Gasteiger partial charge in [0.05, 0.1) is 12.2 Å². The van der Waals surface area contributed by atoms with Crippen molar-refractivity contribution in [2.75, 3.05) is 11.9 Å². The molecule has 1 N–H and O–H groups in total. The Balaban J connectivity index is 1.86. The second-order valence-corrected chi connectivity index (χ2v) is 6.67. The largest absolute Gasteiger partial charge is 0.494 e. The van der Waals surface area contributed by atoms with Crippen LogP contribution in [0.25, 0.3) is 0 Å². The average Bonchev–Trinajstić information content (AvgIpc) is 2.62. The molecule has 0 fully saturated rings. The van der Waals surface area contributed by atoms with Gasteiger partial charge in [-0.1, -0.05) is 37.6 Å². The number of hydrogen-bond donors (Lipinski definition) is 1. The fraction of sp³-hybridized carbons (Fsp3) is 0.381. The molecule has 1 amide bonds. The third kappa shape index (κ3) is 3.63. The summed E-state index contributed by atoms with van der Waals surface area (Å²) in [6.07, 6.45) is 2.00. The smallest absolute Gasteiger partial charge is 0.258 e. The summed E-state index contributed by atoms with van der Waals surface area (Å²) in [5, 5.41) is 3.51. The predicted octanol–water partition coefficient (Wildman–Crippen LogP) is 4.84. The molecule has 4 nitrogen and oxygen atoms in total. The molecule has 132 valence electrons. The fourth-order valence-corrected chi connectivity index (χ4v) is 3.13. The van der Waals surface area contributed by atoms with E-state index in [0.29, 0.717) is 0 Å². The van der Waals surface area contributed by atoms with Crippen LogP contribution in [-0.2, 0) is 0 Å². The lowest BCUT2D eigenvalue weighted by Crippen LogP contribution is -2.46. The number of hydrogen-bond acceptors (Lipinski definition) is 3. The maximum absolute atomic E-state index is 12.9. The summed E-state index contributed by atoms with van der Waals surface area (Å²) >= 11 is 0. The minimum absolute atomic E-state index is 0.0672. The zero-order valence-electron chi connectivity index (χ0n) is 15.2. The first-order valence-corrected chi connectivity index (χ1v) is 9.02. The van der Waals surface area contributed by atoms with E-state index in [9.17, 15) is 4.79 Å². The van der Waals surface area contributed by atoms with Crippen LogP contribution in [0.5, 0.6) is 5.75 Å². The SMILES string of the molecule is CCCCOc1ccc(C2Nc3ccccc3C(=O)N2C(C)C)cc1. The number of rotatable bonds is 6. The molecule has 0 radical (unpaired) electrons. The molecule has 0 spiro atoms. The molecule has 0 bridgehead atoms. The van der Waals surface area contributed by atoms with Crippen molar-refractivity contribution in [3.8, 4) is 5.75 Å². The van der Waals surface area contributed by atoms with E-state index in [4.69, 9.17) is 4.74 Å². The van der Waals surface area contributed by atoms with E-state index in [1.807, 2.05) is 67.3 Å². The molecular formula is C21H26N2O2. The number of fused-ring (bicyclic) bond motifs is 1. The van der Waals surface area contributed by atoms with E-state index in [-0.39, 0.29) is 18.1 Å². The molecule has 0 aromatic heterocycles. The third-order valence-electron chi connectivity index (χ3n) is 4.48. The van der Waals surface area contributed by atoms with Gasteiger partial charge in [-0.05, 0) is 50.1 Å². The van der Waals surface area contributed by atoms with E-state index in [1.165, 1.54) is 0 Å². The number of carbonyl (C=O) groups is 1. The number of ether oxygens (including phenoxy) is 1. The Bertz CT molecular complexity index is 725. The molecule has 0 saturated heterocycles. The molecule has 0 aliphatic carbocycles. The van der Waals surface area contributed by atoms with Gasteiger partial charge < -0.3 is 15.0 Å². The molecule has 1 unspecified atom stereocenters. The number of nitrogens with one attached hydrogen (secondary N) is 1. The zero-order chi connectivity index (χ0) is 17.8. The van der Waals surface area contributed by atoms with Crippen LogP contribution in [0, 0.1) is 0 Å². The molecule has 1 aliphatic rings. The van der Waals surface area contributed by atoms with Gasteiger partial charge in [-0.15, -0.1) is 0 Å². The van der Waals surface area contributed by atoms with Crippen LogP contribution in [0.2, 0.25) is 0 Å². The summed E-state index contributed by atoms with van der Waals surface area (Å²) in [6, 6.07) is 15.8. The second-order valence-electron chi connectivity index (χ2n) is 6.67. The van der Waals surface area contributed by atoms with Crippen molar-refractivity contribution in [3.05, 3.63) is 59.7 Å². The van der Waals surface area contributed by atoms with Crippen molar-refractivity contribution in [2.45, 2.75) is 45.8 Å². The number of carbonyl (C=O) groups excluding carboxylic acids is 1. The van der Waals surface area contributed by atoms with E-state index >= 15 is 0 Å². The summed E-state index contributed by atoms with van der Waals surface area (Å²) in [6.45, 7) is 6.98. The van der Waals surface area contributed by atoms with Gasteiger partial charge in [0.25, 0.3) is 5.91 Å². The molecule has 2 aromatic rings. The van der Waals surface area contributed by atoms with Crippen LogP contribution in [-0.4, -0.2) is 23.5 Å². The van der Waals surface area contributed by atoms with Crippen LogP contribution in [0.1, 0.15) is 55.7 Å². The number of anilines is 1. The lowest BCUT2D eigenvalue weighted by molar-refractivity contribution is 0.0617. The van der Waals surface area contributed by atoms with Crippen LogP contribution in [0.15, 0.2) is 48.5 Å². The van der Waals surface area contributed by atoms with Gasteiger partial charge in [-0.3, -0.25) is 4.79 Å². The standard InChI is InChI=1S/C21H26N2O2/c1-4-5-14-25-17-12-10-16(11-13-17)20-22-19-9-7-6-8-18(19)21(24)23(20)15(2)3/h6-13,15,20,22H,4-5,14H2,1-3H3. The highest BCUT2D eigenvalue weighted by atomic mass is 16.5. The highest BCUT2D eigenvalue weighted by molar-refractivity contribution is 6.01. The molecule has 25 heavy (non-hydrogen) atoms. The number of nitrogens with zero attached hydrogens (tertiary/aromatic N) is 1. The summed E-state index contributed by atoms with van der Waals surface area (Å²) < 4.78 is 5.74. The van der Waals surface area contributed by atoms with Gasteiger partial charge in [0.15, 0.2) is 0 Å². The van der Waals surface area contributed by atoms with E-state index in [0.717, 1.165) is 42.0 Å². The highest BCUT2D eigenvalue weighted by Crippen LogP contribution is 2.34. The maximum atomic E-state index is 12.9. The predicted molar refractivity (Wildman–Crippen MR) is 101 cm³/mol. The lowest BCUT2D eigenvalue weighted by atomic mass is 10.0. The van der Waals surface area contributed by atoms with Crippen LogP contribution < -0.4 is 10.1 Å². The van der Waals surface area contributed by atoms with Crippen molar-refractivity contribution < 1.29 is 9.53 Å². The van der Waals surface area contributed by atoms with Crippen LogP contribution >= 0.6 is 0 Å². The molecule has 3 rings (SSSR count). The van der Waals surface area contributed by atoms with Crippen LogP contribution in [0.4, 0.5) is 5.69 Å². The first kappa shape index (κ1) is 17.3. The van der Waals surface area contributed by atoms with Crippen molar-refractivity contribution in [1.82, 2.24) is 4.90 Å². The van der Waals surface area contributed by atoms with Gasteiger partial charge in [-0.25, -0.2) is 0 Å². The summed E-state index contributed by atoms with van der Waals surface area (Å²) in [5.74, 6) is 0.938. The van der Waals surface area contributed by atoms with Gasteiger partial charge in [0, 0.05) is 11.7 Å². The van der Waals surface area contributed by atoms with Crippen molar-refractivity contribution >= 4 is 11.6 Å². The normalized spacial score (nSPS) is 16.6. The lowest BCUT2D eigenvalue weighted by Gasteiger charge is -2.40.